The Morgan fingerprint density at radius 2 is 2.06 bits per heavy atom. The van der Waals surface area contributed by atoms with Gasteiger partial charge in [-0.2, -0.15) is 0 Å². The van der Waals surface area contributed by atoms with Crippen LogP contribution in [0.25, 0.3) is 0 Å². The van der Waals surface area contributed by atoms with E-state index in [1.54, 1.807) is 7.11 Å². The molecule has 0 aromatic carbocycles. The molecule has 0 rings (SSSR count). The Hall–Kier alpha value is -0.610. The first kappa shape index (κ1) is 15.4. The lowest BCUT2D eigenvalue weighted by Crippen LogP contribution is -2.47. The van der Waals surface area contributed by atoms with Crippen LogP contribution in [0.5, 0.6) is 0 Å². The topological polar surface area (TPSA) is 55.6 Å². The van der Waals surface area contributed by atoms with Crippen LogP contribution in [-0.4, -0.2) is 43.2 Å². The summed E-state index contributed by atoms with van der Waals surface area (Å²) in [5, 5.41) is 0. The number of methoxy groups -OCH3 is 1. The van der Waals surface area contributed by atoms with Gasteiger partial charge in [-0.3, -0.25) is 4.79 Å². The highest BCUT2D eigenvalue weighted by atomic mass is 16.5. The van der Waals surface area contributed by atoms with Crippen molar-refractivity contribution in [2.75, 3.05) is 20.3 Å². The first-order valence-corrected chi connectivity index (χ1v) is 6.09. The Morgan fingerprint density at radius 1 is 1.44 bits per heavy atom. The highest BCUT2D eigenvalue weighted by Crippen LogP contribution is 2.06. The smallest absolute Gasteiger partial charge is 0.239 e. The number of hydrogen-bond donors (Lipinski definition) is 1. The Morgan fingerprint density at radius 3 is 2.50 bits per heavy atom. The summed E-state index contributed by atoms with van der Waals surface area (Å²) < 4.78 is 4.95. The molecule has 0 heterocycles. The van der Waals surface area contributed by atoms with Gasteiger partial charge in [0.2, 0.25) is 5.91 Å². The Kier molecular flexibility index (Phi) is 8.21. The molecule has 0 bridgehead atoms. The lowest BCUT2D eigenvalue weighted by Gasteiger charge is -2.29. The van der Waals surface area contributed by atoms with E-state index in [4.69, 9.17) is 10.5 Å². The Balaban J connectivity index is 4.15. The third-order valence-corrected chi connectivity index (χ3v) is 2.55. The van der Waals surface area contributed by atoms with Crippen LogP contribution < -0.4 is 5.73 Å². The first-order chi connectivity index (χ1) is 7.54. The predicted octanol–water partition coefficient (Wildman–Crippen LogP) is 1.39. The number of amides is 1. The van der Waals surface area contributed by atoms with Crippen LogP contribution in [0.3, 0.4) is 0 Å². The van der Waals surface area contributed by atoms with Crippen LogP contribution in [0.4, 0.5) is 0 Å². The van der Waals surface area contributed by atoms with E-state index in [2.05, 4.69) is 6.92 Å². The van der Waals surface area contributed by atoms with Crippen LogP contribution >= 0.6 is 0 Å². The number of nitrogens with two attached hydrogens (primary N) is 1. The van der Waals surface area contributed by atoms with E-state index in [9.17, 15) is 4.79 Å². The zero-order chi connectivity index (χ0) is 12.6. The molecule has 16 heavy (non-hydrogen) atoms. The molecule has 0 aliphatic heterocycles. The van der Waals surface area contributed by atoms with Crippen molar-refractivity contribution in [3.63, 3.8) is 0 Å². The molecule has 0 aliphatic rings. The zero-order valence-electron chi connectivity index (χ0n) is 11.0. The van der Waals surface area contributed by atoms with Crippen molar-refractivity contribution in [1.29, 1.82) is 0 Å². The zero-order valence-corrected chi connectivity index (χ0v) is 11.0. The molecule has 0 aromatic rings. The molecule has 4 heteroatoms. The summed E-state index contributed by atoms with van der Waals surface area (Å²) in [6.45, 7) is 7.56. The third-order valence-electron chi connectivity index (χ3n) is 2.55. The molecule has 0 radical (unpaired) electrons. The van der Waals surface area contributed by atoms with Crippen LogP contribution in [0.2, 0.25) is 0 Å². The van der Waals surface area contributed by atoms with Crippen LogP contribution in [0.1, 0.15) is 40.0 Å². The molecule has 0 spiro atoms. The highest BCUT2D eigenvalue weighted by molar-refractivity contribution is 5.81. The van der Waals surface area contributed by atoms with E-state index >= 15 is 0 Å². The quantitative estimate of drug-likeness (QED) is 0.641. The minimum absolute atomic E-state index is 0.0629. The van der Waals surface area contributed by atoms with E-state index in [1.165, 1.54) is 0 Å². The summed E-state index contributed by atoms with van der Waals surface area (Å²) in [4.78, 5) is 13.9. The summed E-state index contributed by atoms with van der Waals surface area (Å²) in [6, 6.07) is -0.162. The van der Waals surface area contributed by atoms with Gasteiger partial charge in [0.25, 0.3) is 0 Å². The monoisotopic (exact) mass is 230 g/mol. The van der Waals surface area contributed by atoms with Gasteiger partial charge in [-0.15, -0.1) is 0 Å². The normalized spacial score (nSPS) is 12.9. The molecule has 0 aromatic heterocycles. The summed E-state index contributed by atoms with van der Waals surface area (Å²) in [6.07, 6.45) is 2.50. The third kappa shape index (κ3) is 5.47. The molecule has 2 N–H and O–H groups in total. The molecule has 96 valence electrons. The number of carbonyl (C=O) groups is 1. The number of rotatable bonds is 8. The van der Waals surface area contributed by atoms with E-state index in [1.807, 2.05) is 18.7 Å². The fourth-order valence-electron chi connectivity index (χ4n) is 1.65. The standard InChI is InChI=1S/C12H26N2O2/c1-5-8-14(10(2)3)12(15)11(13)7-6-9-16-4/h10-11H,5-9,13H2,1-4H3. The van der Waals surface area contributed by atoms with Gasteiger partial charge in [0, 0.05) is 26.3 Å². The molecule has 1 atom stereocenters. The SMILES string of the molecule is CCCN(C(=O)C(N)CCCOC)C(C)C. The van der Waals surface area contributed by atoms with Crippen molar-refractivity contribution in [2.45, 2.75) is 52.1 Å². The average molecular weight is 230 g/mol. The van der Waals surface area contributed by atoms with Crippen molar-refractivity contribution in [3.8, 4) is 0 Å². The minimum Gasteiger partial charge on any atom is -0.385 e. The van der Waals surface area contributed by atoms with Gasteiger partial charge in [0.15, 0.2) is 0 Å². The minimum atomic E-state index is -0.385. The second kappa shape index (κ2) is 8.53. The molecular formula is C12H26N2O2. The molecule has 1 unspecified atom stereocenters. The van der Waals surface area contributed by atoms with Gasteiger partial charge in [0.1, 0.15) is 0 Å². The molecule has 0 aliphatic carbocycles. The summed E-state index contributed by atoms with van der Waals surface area (Å²) in [7, 11) is 1.66. The molecule has 1 amide bonds. The van der Waals surface area contributed by atoms with Gasteiger partial charge in [0.05, 0.1) is 6.04 Å². The fraction of sp³-hybridized carbons (Fsp3) is 0.917. The number of nitrogens with zero attached hydrogens (tertiary/aromatic N) is 1. The fourth-order valence-corrected chi connectivity index (χ4v) is 1.65. The number of hydrogen-bond acceptors (Lipinski definition) is 3. The lowest BCUT2D eigenvalue weighted by molar-refractivity contribution is -0.134. The second-order valence-corrected chi connectivity index (χ2v) is 4.37. The summed E-state index contributed by atoms with van der Waals surface area (Å²) in [5.41, 5.74) is 5.88. The van der Waals surface area contributed by atoms with Crippen molar-refractivity contribution in [2.24, 2.45) is 5.73 Å². The van der Waals surface area contributed by atoms with E-state index in [0.717, 1.165) is 19.4 Å². The molecule has 0 saturated carbocycles. The van der Waals surface area contributed by atoms with Gasteiger partial charge in [-0.25, -0.2) is 0 Å². The first-order valence-electron chi connectivity index (χ1n) is 6.09. The second-order valence-electron chi connectivity index (χ2n) is 4.37. The number of carbonyl (C=O) groups excluding carboxylic acids is 1. The largest absolute Gasteiger partial charge is 0.385 e. The van der Waals surface area contributed by atoms with Crippen molar-refractivity contribution in [1.82, 2.24) is 4.90 Å². The maximum atomic E-state index is 12.0. The van der Waals surface area contributed by atoms with Crippen LogP contribution in [0, 0.1) is 0 Å². The molecule has 4 nitrogen and oxygen atoms in total. The van der Waals surface area contributed by atoms with Gasteiger partial charge < -0.3 is 15.4 Å². The van der Waals surface area contributed by atoms with Gasteiger partial charge in [-0.1, -0.05) is 6.92 Å². The van der Waals surface area contributed by atoms with Gasteiger partial charge >= 0.3 is 0 Å². The Labute approximate surface area is 99.1 Å². The summed E-state index contributed by atoms with van der Waals surface area (Å²) in [5.74, 6) is 0.0629. The number of ether oxygens (including phenoxy) is 1. The maximum absolute atomic E-state index is 12.0. The van der Waals surface area contributed by atoms with Crippen LogP contribution in [-0.2, 0) is 9.53 Å². The van der Waals surface area contributed by atoms with E-state index < -0.39 is 0 Å². The Bertz CT molecular complexity index is 195. The van der Waals surface area contributed by atoms with Gasteiger partial charge in [-0.05, 0) is 33.1 Å². The maximum Gasteiger partial charge on any atom is 0.239 e. The van der Waals surface area contributed by atoms with E-state index in [0.29, 0.717) is 13.0 Å². The average Bonchev–Trinajstić information content (AvgIpc) is 2.24. The molecule has 0 saturated heterocycles. The summed E-state index contributed by atoms with van der Waals surface area (Å²) >= 11 is 0. The predicted molar refractivity (Wildman–Crippen MR) is 66.2 cm³/mol. The van der Waals surface area contributed by atoms with Crippen molar-refractivity contribution in [3.05, 3.63) is 0 Å². The van der Waals surface area contributed by atoms with E-state index in [-0.39, 0.29) is 18.0 Å². The molecular weight excluding hydrogens is 204 g/mol. The van der Waals surface area contributed by atoms with Crippen LogP contribution in [0.15, 0.2) is 0 Å². The molecule has 0 fully saturated rings. The lowest BCUT2D eigenvalue weighted by atomic mass is 10.1. The highest BCUT2D eigenvalue weighted by Gasteiger charge is 2.21. The van der Waals surface area contributed by atoms with Crippen molar-refractivity contribution < 1.29 is 9.53 Å². The van der Waals surface area contributed by atoms with Crippen molar-refractivity contribution >= 4 is 5.91 Å².